The Balaban J connectivity index is 0.000000301. The zero-order valence-electron chi connectivity index (χ0n) is 39.9. The largest absolute Gasteiger partial charge is 0.388 e. The van der Waals surface area contributed by atoms with Gasteiger partial charge in [0.15, 0.2) is 12.6 Å². The first-order valence-electron chi connectivity index (χ1n) is 24.1. The summed E-state index contributed by atoms with van der Waals surface area (Å²) >= 11 is 11.0. The summed E-state index contributed by atoms with van der Waals surface area (Å²) in [6.45, 7) is 16.3. The fourth-order valence-electron chi connectivity index (χ4n) is 10.3. The smallest absolute Gasteiger partial charge is 0.224 e. The Kier molecular flexibility index (Phi) is 23.8. The molecule has 21 atom stereocenters. The lowest BCUT2D eigenvalue weighted by Crippen LogP contribution is -2.67. The number of rotatable bonds is 18. The van der Waals surface area contributed by atoms with Crippen LogP contribution in [0.4, 0.5) is 0 Å². The second-order valence-electron chi connectivity index (χ2n) is 19.8. The molecule has 5 aliphatic rings. The van der Waals surface area contributed by atoms with Gasteiger partial charge in [-0.1, -0.05) is 69.8 Å². The van der Waals surface area contributed by atoms with Gasteiger partial charge in [0.2, 0.25) is 5.91 Å². The van der Waals surface area contributed by atoms with Crippen molar-refractivity contribution in [1.29, 1.82) is 0 Å². The van der Waals surface area contributed by atoms with E-state index in [4.69, 9.17) is 35.3 Å². The van der Waals surface area contributed by atoms with Crippen LogP contribution in [0.2, 0.25) is 0 Å². The molecular formula is C46H85BrClN3O12S. The number of piperidine rings is 1. The first kappa shape index (κ1) is 56.7. The second kappa shape index (κ2) is 26.9. The quantitative estimate of drug-likeness (QED) is 0.0722. The highest BCUT2D eigenvalue weighted by atomic mass is 79.9. The van der Waals surface area contributed by atoms with E-state index in [1.807, 2.05) is 11.9 Å². The van der Waals surface area contributed by atoms with E-state index in [1.54, 1.807) is 20.1 Å². The highest BCUT2D eigenvalue weighted by Crippen LogP contribution is 2.39. The zero-order chi connectivity index (χ0) is 47.5. The minimum Gasteiger partial charge on any atom is -0.388 e. The maximum atomic E-state index is 12.8. The molecule has 0 bridgehead atoms. The number of alkyl halides is 2. The number of thioether (sulfide) groups is 1. The molecule has 0 aromatic heterocycles. The molecule has 8 N–H and O–H groups in total. The number of ether oxygens (including phenoxy) is 5. The molecule has 1 saturated carbocycles. The minimum atomic E-state index is -1.36. The van der Waals surface area contributed by atoms with Crippen molar-refractivity contribution in [3.8, 4) is 0 Å². The van der Waals surface area contributed by atoms with Crippen molar-refractivity contribution in [2.45, 2.75) is 209 Å². The van der Waals surface area contributed by atoms with Gasteiger partial charge in [0.25, 0.3) is 0 Å². The standard InChI is InChI=1S/C29H54BrNO7.C17H31ClN2O5S/c1-7-21-13-12-18(2)27(36-21)37-24-19(3)16-20(4)25(22(24)32)38-28-23(33)26(29(5,34)17-35-28)31(6)15-11-9-8-10-14-30;1-4-9-5-10(7-19-6-9)16(24)20-11(8(2)18)15-13(22)12(21)14(23)17(25-15)26-3/h18-28,32-34H,7-17H2,1-6H3;8-15,17,19,21-23H,4-7H2,1-3H3,(H,20,24)/t18-,19+,20-,21-,22+,23-,24?,25?,26-,27?,28?,29+;8?,9?,10?,11?,12-,13-,14?,15?,17-/m11/s1. The van der Waals surface area contributed by atoms with Gasteiger partial charge < -0.3 is 65.0 Å². The molecule has 4 heterocycles. The van der Waals surface area contributed by atoms with Crippen molar-refractivity contribution < 1.29 is 59.1 Å². The number of carbonyl (C=O) groups is 1. The number of aliphatic hydroxyl groups is 6. The maximum absolute atomic E-state index is 12.8. The molecule has 0 aromatic rings. The fraction of sp³-hybridized carbons (Fsp3) is 0.978. The first-order valence-corrected chi connectivity index (χ1v) is 26.9. The van der Waals surface area contributed by atoms with Gasteiger partial charge in [-0.15, -0.1) is 23.4 Å². The Hall–Kier alpha value is 0.0700. The second-order valence-corrected chi connectivity index (χ2v) is 22.2. The van der Waals surface area contributed by atoms with E-state index >= 15 is 0 Å². The predicted octanol–water partition coefficient (Wildman–Crippen LogP) is 3.97. The normalized spacial score (nSPS) is 42.9. The van der Waals surface area contributed by atoms with Crippen molar-refractivity contribution in [3.05, 3.63) is 0 Å². The Morgan fingerprint density at radius 2 is 1.55 bits per heavy atom. The van der Waals surface area contributed by atoms with Gasteiger partial charge >= 0.3 is 0 Å². The third-order valence-corrected chi connectivity index (χ3v) is 16.0. The van der Waals surface area contributed by atoms with Crippen LogP contribution in [0.5, 0.6) is 0 Å². The predicted molar refractivity (Wildman–Crippen MR) is 253 cm³/mol. The lowest BCUT2D eigenvalue weighted by Gasteiger charge is -2.50. The summed E-state index contributed by atoms with van der Waals surface area (Å²) in [5.41, 5.74) is -1.92. The van der Waals surface area contributed by atoms with E-state index in [-0.39, 0.29) is 48.6 Å². The SMILES string of the molecule is CCC1CNCC(C(=O)NC(C(C)Cl)C2O[C@H](SC)C(O)[C@H](O)[C@H]2O)C1.CC[C@@H]1CC[C@@H](C)C(OC2[C@H](O)C(OC3OC[C@](C)(O)[C@H](N(C)CCCCCCBr)[C@H]3O)[C@H](C)C[C@@H]2C)O1. The average molecular weight is 1020 g/mol. The summed E-state index contributed by atoms with van der Waals surface area (Å²) in [5.74, 6) is 0.610. The van der Waals surface area contributed by atoms with Gasteiger partial charge in [-0.3, -0.25) is 9.69 Å². The minimum absolute atomic E-state index is 0.0483. The van der Waals surface area contributed by atoms with Gasteiger partial charge in [-0.25, -0.2) is 0 Å². The summed E-state index contributed by atoms with van der Waals surface area (Å²) in [4.78, 5) is 14.8. The molecule has 1 aliphatic carbocycles. The van der Waals surface area contributed by atoms with E-state index in [1.165, 1.54) is 11.8 Å². The van der Waals surface area contributed by atoms with E-state index in [9.17, 15) is 35.4 Å². The highest BCUT2D eigenvalue weighted by Gasteiger charge is 2.52. The van der Waals surface area contributed by atoms with Crippen molar-refractivity contribution >= 4 is 45.2 Å². The molecule has 5 rings (SSSR count). The summed E-state index contributed by atoms with van der Waals surface area (Å²) < 4.78 is 30.7. The van der Waals surface area contributed by atoms with Crippen LogP contribution in [0.1, 0.15) is 113 Å². The number of hydrogen-bond donors (Lipinski definition) is 8. The molecule has 0 aromatic carbocycles. The summed E-state index contributed by atoms with van der Waals surface area (Å²) in [6, 6.07) is -1.22. The molecule has 18 heteroatoms. The third-order valence-electron chi connectivity index (χ3n) is 14.3. The number of amides is 1. The Labute approximate surface area is 401 Å². The number of halogens is 2. The van der Waals surface area contributed by atoms with Crippen LogP contribution in [-0.2, 0) is 28.5 Å². The molecule has 1 amide bonds. The van der Waals surface area contributed by atoms with Crippen molar-refractivity contribution in [2.75, 3.05) is 44.9 Å². The number of aliphatic hydroxyl groups excluding tert-OH is 5. The summed E-state index contributed by atoms with van der Waals surface area (Å²) in [6.07, 6.45) is 2.98. The Morgan fingerprint density at radius 1 is 0.891 bits per heavy atom. The topological polar surface area (TPSA) is 212 Å². The summed E-state index contributed by atoms with van der Waals surface area (Å²) in [7, 11) is 1.94. The van der Waals surface area contributed by atoms with Crippen LogP contribution in [0.3, 0.4) is 0 Å². The number of nitrogens with one attached hydrogen (secondary N) is 2. The van der Waals surface area contributed by atoms with E-state index in [2.05, 4.69) is 61.2 Å². The molecule has 64 heavy (non-hydrogen) atoms. The molecule has 376 valence electrons. The molecule has 5 fully saturated rings. The fourth-order valence-corrected chi connectivity index (χ4v) is 11.6. The zero-order valence-corrected chi connectivity index (χ0v) is 43.1. The number of unbranched alkanes of at least 4 members (excludes halogenated alkanes) is 3. The van der Waals surface area contributed by atoms with Crippen LogP contribution in [0.15, 0.2) is 0 Å². The Bertz CT molecular complexity index is 1370. The van der Waals surface area contributed by atoms with E-state index in [0.29, 0.717) is 12.5 Å². The lowest BCUT2D eigenvalue weighted by atomic mass is 9.77. The molecule has 4 aliphatic heterocycles. The van der Waals surface area contributed by atoms with Crippen LogP contribution in [-0.4, -0.2) is 182 Å². The average Bonchev–Trinajstić information content (AvgIpc) is 3.26. The van der Waals surface area contributed by atoms with Gasteiger partial charge in [0.1, 0.15) is 47.7 Å². The van der Waals surface area contributed by atoms with E-state index in [0.717, 1.165) is 82.6 Å². The molecule has 4 saturated heterocycles. The van der Waals surface area contributed by atoms with Gasteiger partial charge in [-0.2, -0.15) is 0 Å². The maximum Gasteiger partial charge on any atom is 0.224 e. The van der Waals surface area contributed by atoms with Crippen LogP contribution < -0.4 is 10.6 Å². The van der Waals surface area contributed by atoms with Crippen molar-refractivity contribution in [3.63, 3.8) is 0 Å². The van der Waals surface area contributed by atoms with Crippen LogP contribution in [0.25, 0.3) is 0 Å². The van der Waals surface area contributed by atoms with Crippen LogP contribution in [0, 0.1) is 29.6 Å². The number of hydrogen-bond acceptors (Lipinski definition) is 15. The lowest BCUT2D eigenvalue weighted by molar-refractivity contribution is -0.323. The van der Waals surface area contributed by atoms with Crippen molar-refractivity contribution in [1.82, 2.24) is 15.5 Å². The third kappa shape index (κ3) is 15.0. The molecule has 10 unspecified atom stereocenters. The Morgan fingerprint density at radius 3 is 2.16 bits per heavy atom. The highest BCUT2D eigenvalue weighted by molar-refractivity contribution is 9.09. The monoisotopic (exact) mass is 1020 g/mol. The number of nitrogens with zero attached hydrogens (tertiary/aromatic N) is 1. The van der Waals surface area contributed by atoms with Crippen LogP contribution >= 0.6 is 39.3 Å². The molecular weight excluding hydrogens is 934 g/mol. The number of carbonyl (C=O) groups excluding carboxylic acids is 1. The molecule has 0 radical (unpaired) electrons. The first-order chi connectivity index (χ1) is 30.3. The number of likely N-dealkylation sites (N-methyl/N-ethyl adjacent to an activating group) is 1. The van der Waals surface area contributed by atoms with Gasteiger partial charge in [0, 0.05) is 17.8 Å². The van der Waals surface area contributed by atoms with Gasteiger partial charge in [-0.05, 0) is 103 Å². The van der Waals surface area contributed by atoms with Crippen molar-refractivity contribution in [2.24, 2.45) is 29.6 Å². The summed E-state index contributed by atoms with van der Waals surface area (Å²) in [5, 5.41) is 71.1. The molecule has 0 spiro atoms. The molecule has 15 nitrogen and oxygen atoms in total. The van der Waals surface area contributed by atoms with E-state index < -0.39 is 83.6 Å². The van der Waals surface area contributed by atoms with Gasteiger partial charge in [0.05, 0.1) is 48.3 Å².